The smallest absolute Gasteiger partial charge is 0.408 e. The van der Waals surface area contributed by atoms with Gasteiger partial charge in [-0.3, -0.25) is 0 Å². The molecular formula is C21H28N2O6. The maximum absolute atomic E-state index is 12.2. The molecule has 1 aliphatic carbocycles. The van der Waals surface area contributed by atoms with Crippen LogP contribution in [-0.2, 0) is 25.6 Å². The highest BCUT2D eigenvalue weighted by molar-refractivity contribution is 5.82. The van der Waals surface area contributed by atoms with E-state index in [1.54, 1.807) is 32.9 Å². The van der Waals surface area contributed by atoms with Gasteiger partial charge < -0.3 is 24.8 Å². The quantitative estimate of drug-likeness (QED) is 0.429. The summed E-state index contributed by atoms with van der Waals surface area (Å²) in [7, 11) is 1.25. The van der Waals surface area contributed by atoms with Crippen LogP contribution in [-0.4, -0.2) is 43.0 Å². The van der Waals surface area contributed by atoms with Gasteiger partial charge in [0.25, 0.3) is 0 Å². The molecule has 0 heterocycles. The SMILES string of the molecule is COC(=O)[C@@H](NC(=O)OCc1ccccc1)[C@H]1C=C[C@@H](NC(=O)OC(C)(C)C)C1. The Bertz CT molecular complexity index is 741. The molecule has 3 atom stereocenters. The molecule has 2 amide bonds. The highest BCUT2D eigenvalue weighted by atomic mass is 16.6. The van der Waals surface area contributed by atoms with Crippen LogP contribution >= 0.6 is 0 Å². The van der Waals surface area contributed by atoms with Crippen LogP contribution in [0.2, 0.25) is 0 Å². The third-order valence-corrected chi connectivity index (χ3v) is 4.19. The minimum Gasteiger partial charge on any atom is -0.467 e. The molecule has 1 aliphatic rings. The van der Waals surface area contributed by atoms with E-state index in [0.717, 1.165) is 5.56 Å². The number of hydrogen-bond donors (Lipinski definition) is 2. The fraction of sp³-hybridized carbons (Fsp3) is 0.476. The zero-order valence-electron chi connectivity index (χ0n) is 17.1. The van der Waals surface area contributed by atoms with Gasteiger partial charge in [-0.25, -0.2) is 14.4 Å². The molecule has 0 saturated carbocycles. The Labute approximate surface area is 170 Å². The standard InChI is InChI=1S/C21H28N2O6/c1-21(2,3)29-20(26)22-16-11-10-15(12-16)17(18(24)27-4)23-19(25)28-13-14-8-6-5-7-9-14/h5-11,15-17H,12-13H2,1-4H3,(H,22,26)(H,23,25)/t15-,16+,17-/m0/s1. The Morgan fingerprint density at radius 1 is 1.10 bits per heavy atom. The topological polar surface area (TPSA) is 103 Å². The number of esters is 1. The van der Waals surface area contributed by atoms with Crippen molar-refractivity contribution in [1.82, 2.24) is 10.6 Å². The van der Waals surface area contributed by atoms with Gasteiger partial charge in [0, 0.05) is 5.92 Å². The third-order valence-electron chi connectivity index (χ3n) is 4.19. The number of ether oxygens (including phenoxy) is 3. The summed E-state index contributed by atoms with van der Waals surface area (Å²) in [6.45, 7) is 5.41. The van der Waals surface area contributed by atoms with Crippen LogP contribution in [0, 0.1) is 5.92 Å². The Morgan fingerprint density at radius 2 is 1.79 bits per heavy atom. The molecule has 8 nitrogen and oxygen atoms in total. The van der Waals surface area contributed by atoms with Gasteiger partial charge >= 0.3 is 18.2 Å². The second-order valence-electron chi connectivity index (χ2n) is 7.74. The predicted octanol–water partition coefficient (Wildman–Crippen LogP) is 2.92. The normalized spacial score (nSPS) is 19.2. The molecule has 158 valence electrons. The van der Waals surface area contributed by atoms with Crippen LogP contribution in [0.1, 0.15) is 32.8 Å². The molecule has 1 aromatic rings. The zero-order chi connectivity index (χ0) is 21.4. The molecule has 0 aliphatic heterocycles. The number of amides is 2. The van der Waals surface area contributed by atoms with Gasteiger partial charge in [0.2, 0.25) is 0 Å². The van der Waals surface area contributed by atoms with Crippen molar-refractivity contribution in [3.05, 3.63) is 48.0 Å². The number of rotatable bonds is 6. The van der Waals surface area contributed by atoms with Gasteiger partial charge in [-0.15, -0.1) is 0 Å². The number of methoxy groups -OCH3 is 1. The van der Waals surface area contributed by atoms with Crippen LogP contribution in [0.25, 0.3) is 0 Å². The van der Waals surface area contributed by atoms with Crippen molar-refractivity contribution in [2.24, 2.45) is 5.92 Å². The first kappa shape index (κ1) is 22.3. The maximum atomic E-state index is 12.2. The van der Waals surface area contributed by atoms with Crippen molar-refractivity contribution in [3.63, 3.8) is 0 Å². The maximum Gasteiger partial charge on any atom is 0.408 e. The zero-order valence-corrected chi connectivity index (χ0v) is 17.1. The minimum atomic E-state index is -0.926. The third kappa shape index (κ3) is 7.48. The second kappa shape index (κ2) is 9.95. The summed E-state index contributed by atoms with van der Waals surface area (Å²) in [6, 6.07) is 7.97. The molecule has 0 aromatic heterocycles. The summed E-state index contributed by atoms with van der Waals surface area (Å²) in [5, 5.41) is 5.29. The van der Waals surface area contributed by atoms with Crippen LogP contribution < -0.4 is 10.6 Å². The van der Waals surface area contributed by atoms with E-state index in [9.17, 15) is 14.4 Å². The van der Waals surface area contributed by atoms with E-state index in [-0.39, 0.29) is 18.6 Å². The molecule has 2 N–H and O–H groups in total. The van der Waals surface area contributed by atoms with E-state index in [1.807, 2.05) is 30.3 Å². The second-order valence-corrected chi connectivity index (χ2v) is 7.74. The Morgan fingerprint density at radius 3 is 2.41 bits per heavy atom. The lowest BCUT2D eigenvalue weighted by atomic mass is 9.98. The minimum absolute atomic E-state index is 0.0872. The highest BCUT2D eigenvalue weighted by Gasteiger charge is 2.34. The van der Waals surface area contributed by atoms with E-state index in [1.165, 1.54) is 7.11 Å². The van der Waals surface area contributed by atoms with Gasteiger partial charge in [-0.2, -0.15) is 0 Å². The van der Waals surface area contributed by atoms with Crippen LogP contribution in [0.3, 0.4) is 0 Å². The molecule has 0 saturated heterocycles. The van der Waals surface area contributed by atoms with Crippen molar-refractivity contribution in [2.75, 3.05) is 7.11 Å². The molecule has 1 aromatic carbocycles. The molecule has 8 heteroatoms. The van der Waals surface area contributed by atoms with E-state index in [0.29, 0.717) is 6.42 Å². The van der Waals surface area contributed by atoms with E-state index >= 15 is 0 Å². The van der Waals surface area contributed by atoms with Crippen molar-refractivity contribution in [3.8, 4) is 0 Å². The summed E-state index contributed by atoms with van der Waals surface area (Å²) in [5.74, 6) is -0.944. The van der Waals surface area contributed by atoms with Crippen LogP contribution in [0.5, 0.6) is 0 Å². The molecule has 0 unspecified atom stereocenters. The average molecular weight is 404 g/mol. The number of benzene rings is 1. The molecular weight excluding hydrogens is 376 g/mol. The summed E-state index contributed by atoms with van der Waals surface area (Å²) in [6.07, 6.45) is 2.68. The first-order valence-corrected chi connectivity index (χ1v) is 9.41. The molecule has 0 bridgehead atoms. The van der Waals surface area contributed by atoms with Gasteiger partial charge in [0.15, 0.2) is 0 Å². The fourth-order valence-electron chi connectivity index (χ4n) is 2.90. The molecule has 2 rings (SSSR count). The first-order chi connectivity index (χ1) is 13.7. The first-order valence-electron chi connectivity index (χ1n) is 9.41. The summed E-state index contributed by atoms with van der Waals surface area (Å²) >= 11 is 0. The Balaban J connectivity index is 1.90. The van der Waals surface area contributed by atoms with Gasteiger partial charge in [0.1, 0.15) is 18.2 Å². The van der Waals surface area contributed by atoms with Crippen molar-refractivity contribution in [2.45, 2.75) is 51.5 Å². The lowest BCUT2D eigenvalue weighted by Crippen LogP contribution is -2.47. The van der Waals surface area contributed by atoms with E-state index in [4.69, 9.17) is 14.2 Å². The molecule has 0 fully saturated rings. The number of carbonyl (C=O) groups excluding carboxylic acids is 3. The summed E-state index contributed by atoms with van der Waals surface area (Å²) in [4.78, 5) is 36.3. The van der Waals surface area contributed by atoms with Crippen molar-refractivity contribution < 1.29 is 28.6 Å². The largest absolute Gasteiger partial charge is 0.467 e. The van der Waals surface area contributed by atoms with Crippen molar-refractivity contribution >= 4 is 18.2 Å². The predicted molar refractivity (Wildman–Crippen MR) is 106 cm³/mol. The Kier molecular flexibility index (Phi) is 7.64. The number of nitrogens with one attached hydrogen (secondary N) is 2. The summed E-state index contributed by atoms with van der Waals surface area (Å²) < 4.78 is 15.2. The number of alkyl carbamates (subject to hydrolysis) is 2. The lowest BCUT2D eigenvalue weighted by molar-refractivity contribution is -0.144. The molecule has 0 spiro atoms. The van der Waals surface area contributed by atoms with Gasteiger partial charge in [0.05, 0.1) is 13.2 Å². The van der Waals surface area contributed by atoms with Crippen LogP contribution in [0.15, 0.2) is 42.5 Å². The van der Waals surface area contributed by atoms with E-state index in [2.05, 4.69) is 10.6 Å². The number of hydrogen-bond acceptors (Lipinski definition) is 6. The Hall–Kier alpha value is -3.03. The molecule has 0 radical (unpaired) electrons. The fourth-order valence-corrected chi connectivity index (χ4v) is 2.90. The van der Waals surface area contributed by atoms with Crippen molar-refractivity contribution in [1.29, 1.82) is 0 Å². The van der Waals surface area contributed by atoms with Gasteiger partial charge in [-0.1, -0.05) is 42.5 Å². The van der Waals surface area contributed by atoms with Crippen LogP contribution in [0.4, 0.5) is 9.59 Å². The summed E-state index contributed by atoms with van der Waals surface area (Å²) in [5.41, 5.74) is 0.226. The average Bonchev–Trinajstić information content (AvgIpc) is 3.11. The highest BCUT2D eigenvalue weighted by Crippen LogP contribution is 2.23. The monoisotopic (exact) mass is 404 g/mol. The number of carbonyl (C=O) groups is 3. The van der Waals surface area contributed by atoms with Gasteiger partial charge in [-0.05, 0) is 32.8 Å². The lowest BCUT2D eigenvalue weighted by Gasteiger charge is -2.24. The molecule has 29 heavy (non-hydrogen) atoms. The van der Waals surface area contributed by atoms with E-state index < -0.39 is 29.8 Å².